The lowest BCUT2D eigenvalue weighted by atomic mass is 9.86. The molecule has 0 saturated carbocycles. The number of nitrogens with zero attached hydrogens (tertiary/aromatic N) is 1. The minimum absolute atomic E-state index is 0.0149. The van der Waals surface area contributed by atoms with Crippen molar-refractivity contribution >= 4 is 39.3 Å². The fourth-order valence-electron chi connectivity index (χ4n) is 4.07. The Hall–Kier alpha value is -3.12. The van der Waals surface area contributed by atoms with E-state index in [1.54, 1.807) is 0 Å². The van der Waals surface area contributed by atoms with Crippen LogP contribution in [-0.4, -0.2) is 17.4 Å². The largest absolute Gasteiger partial charge is 0.385 e. The summed E-state index contributed by atoms with van der Waals surface area (Å²) in [6.07, 6.45) is 5.83. The molecule has 1 aliphatic carbocycles. The number of anilines is 3. The molecule has 0 bridgehead atoms. The van der Waals surface area contributed by atoms with Crippen LogP contribution in [0, 0.1) is 0 Å². The van der Waals surface area contributed by atoms with Crippen LogP contribution in [0.3, 0.4) is 0 Å². The molecule has 5 nitrogen and oxygen atoms in total. The molecular weight excluding hydrogens is 416 g/mol. The third kappa shape index (κ3) is 5.56. The topological polar surface area (TPSA) is 80.0 Å². The number of amides is 1. The predicted molar refractivity (Wildman–Crippen MR) is 135 cm³/mol. The summed E-state index contributed by atoms with van der Waals surface area (Å²) in [4.78, 5) is 17.4. The summed E-state index contributed by atoms with van der Waals surface area (Å²) in [6, 6.07) is 16.5. The standard InChI is InChI=1S/C26H30N4OS/c1-2-18-7-9-19(10-8-18)23-5-3-4-6-24(23)25(31)29-21-13-11-20(12-14-21)28-16-15-22-17-32-26(27)30-22/h7-14,17,28H,2-6,15-16H2,1H3,(H2,27,30)(H,29,31). The van der Waals surface area contributed by atoms with Crippen LogP contribution >= 0.6 is 11.3 Å². The van der Waals surface area contributed by atoms with E-state index >= 15 is 0 Å². The highest BCUT2D eigenvalue weighted by Crippen LogP contribution is 2.33. The Labute approximate surface area is 193 Å². The smallest absolute Gasteiger partial charge is 0.251 e. The Bertz CT molecular complexity index is 1080. The van der Waals surface area contributed by atoms with Crippen molar-refractivity contribution in [2.24, 2.45) is 0 Å². The normalized spacial score (nSPS) is 13.8. The van der Waals surface area contributed by atoms with Gasteiger partial charge >= 0.3 is 0 Å². The monoisotopic (exact) mass is 446 g/mol. The summed E-state index contributed by atoms with van der Waals surface area (Å²) in [5.41, 5.74) is 13.1. The van der Waals surface area contributed by atoms with Gasteiger partial charge in [-0.25, -0.2) is 4.98 Å². The second kappa shape index (κ2) is 10.5. The van der Waals surface area contributed by atoms with Crippen molar-refractivity contribution in [3.63, 3.8) is 0 Å². The lowest BCUT2D eigenvalue weighted by Gasteiger charge is -2.20. The molecule has 4 N–H and O–H groups in total. The number of carbonyl (C=O) groups is 1. The van der Waals surface area contributed by atoms with Crippen LogP contribution < -0.4 is 16.4 Å². The van der Waals surface area contributed by atoms with Crippen molar-refractivity contribution in [2.45, 2.75) is 45.4 Å². The van der Waals surface area contributed by atoms with Crippen LogP contribution in [0.2, 0.25) is 0 Å². The molecule has 0 saturated heterocycles. The Morgan fingerprint density at radius 1 is 1.03 bits per heavy atom. The van der Waals surface area contributed by atoms with Crippen molar-refractivity contribution in [3.05, 3.63) is 76.3 Å². The highest BCUT2D eigenvalue weighted by atomic mass is 32.1. The average Bonchev–Trinajstić information content (AvgIpc) is 3.25. The molecule has 1 heterocycles. The molecule has 0 aliphatic heterocycles. The molecule has 1 aliphatic rings. The van der Waals surface area contributed by atoms with Crippen molar-refractivity contribution in [1.29, 1.82) is 0 Å². The summed E-state index contributed by atoms with van der Waals surface area (Å²) in [5, 5.41) is 9.08. The first kappa shape index (κ1) is 22.1. The van der Waals surface area contributed by atoms with E-state index in [0.29, 0.717) is 5.13 Å². The fourth-order valence-corrected chi connectivity index (χ4v) is 4.66. The average molecular weight is 447 g/mol. The molecule has 1 aromatic heterocycles. The van der Waals surface area contributed by atoms with E-state index in [1.807, 2.05) is 29.6 Å². The van der Waals surface area contributed by atoms with Gasteiger partial charge in [0.25, 0.3) is 5.91 Å². The number of allylic oxidation sites excluding steroid dienone is 1. The molecule has 4 rings (SSSR count). The number of aryl methyl sites for hydroxylation is 1. The number of carbonyl (C=O) groups excluding carboxylic acids is 1. The van der Waals surface area contributed by atoms with Gasteiger partial charge in [0.05, 0.1) is 5.69 Å². The van der Waals surface area contributed by atoms with E-state index in [-0.39, 0.29) is 5.91 Å². The van der Waals surface area contributed by atoms with Gasteiger partial charge in [-0.1, -0.05) is 31.2 Å². The highest BCUT2D eigenvalue weighted by molar-refractivity contribution is 7.13. The van der Waals surface area contributed by atoms with Gasteiger partial charge in [-0.2, -0.15) is 0 Å². The molecule has 2 aromatic carbocycles. The molecule has 6 heteroatoms. The fraction of sp³-hybridized carbons (Fsp3) is 0.308. The molecule has 0 spiro atoms. The van der Waals surface area contributed by atoms with Gasteiger partial charge in [0.15, 0.2) is 5.13 Å². The minimum atomic E-state index is 0.0149. The van der Waals surface area contributed by atoms with Crippen LogP contribution in [0.1, 0.15) is 49.4 Å². The zero-order valence-electron chi connectivity index (χ0n) is 18.5. The number of rotatable bonds is 8. The van der Waals surface area contributed by atoms with E-state index in [0.717, 1.165) is 67.7 Å². The summed E-state index contributed by atoms with van der Waals surface area (Å²) in [6.45, 7) is 2.94. The van der Waals surface area contributed by atoms with Crippen molar-refractivity contribution in [1.82, 2.24) is 4.98 Å². The van der Waals surface area contributed by atoms with Crippen molar-refractivity contribution in [2.75, 3.05) is 22.9 Å². The zero-order chi connectivity index (χ0) is 22.3. The zero-order valence-corrected chi connectivity index (χ0v) is 19.3. The predicted octanol–water partition coefficient (Wildman–Crippen LogP) is 5.91. The van der Waals surface area contributed by atoms with Gasteiger partial charge in [-0.3, -0.25) is 4.79 Å². The second-order valence-corrected chi connectivity index (χ2v) is 8.99. The summed E-state index contributed by atoms with van der Waals surface area (Å²) in [5.74, 6) is 0.0149. The van der Waals surface area contributed by atoms with Gasteiger partial charge in [0.2, 0.25) is 0 Å². The maximum Gasteiger partial charge on any atom is 0.251 e. The third-order valence-electron chi connectivity index (χ3n) is 5.88. The number of benzene rings is 2. The number of thiazole rings is 1. The van der Waals surface area contributed by atoms with Crippen LogP contribution in [0.5, 0.6) is 0 Å². The lowest BCUT2D eigenvalue weighted by Crippen LogP contribution is -2.18. The number of nitrogen functional groups attached to an aromatic ring is 1. The van der Waals surface area contributed by atoms with E-state index in [2.05, 4.69) is 46.8 Å². The van der Waals surface area contributed by atoms with Gasteiger partial charge < -0.3 is 16.4 Å². The molecule has 166 valence electrons. The van der Waals surface area contributed by atoms with Gasteiger partial charge in [-0.05, 0) is 73.1 Å². The SMILES string of the molecule is CCc1ccc(C2=C(C(=O)Nc3ccc(NCCc4csc(N)n4)cc3)CCCC2)cc1. The Morgan fingerprint density at radius 2 is 1.75 bits per heavy atom. The van der Waals surface area contributed by atoms with E-state index in [4.69, 9.17) is 5.73 Å². The van der Waals surface area contributed by atoms with Crippen molar-refractivity contribution in [3.8, 4) is 0 Å². The van der Waals surface area contributed by atoms with E-state index < -0.39 is 0 Å². The first-order chi connectivity index (χ1) is 15.6. The number of aromatic nitrogens is 1. The second-order valence-electron chi connectivity index (χ2n) is 8.10. The Kier molecular flexibility index (Phi) is 7.22. The first-order valence-electron chi connectivity index (χ1n) is 11.3. The highest BCUT2D eigenvalue weighted by Gasteiger charge is 2.20. The summed E-state index contributed by atoms with van der Waals surface area (Å²) >= 11 is 1.47. The van der Waals surface area contributed by atoms with Gasteiger partial charge in [-0.15, -0.1) is 11.3 Å². The third-order valence-corrected chi connectivity index (χ3v) is 6.60. The molecule has 1 amide bonds. The molecule has 0 atom stereocenters. The van der Waals surface area contributed by atoms with Crippen LogP contribution in [0.4, 0.5) is 16.5 Å². The van der Waals surface area contributed by atoms with E-state index in [1.165, 1.54) is 28.0 Å². The van der Waals surface area contributed by atoms with Crippen molar-refractivity contribution < 1.29 is 4.79 Å². The minimum Gasteiger partial charge on any atom is -0.385 e. The maximum atomic E-state index is 13.1. The molecule has 0 unspecified atom stereocenters. The quantitative estimate of drug-likeness (QED) is 0.402. The summed E-state index contributed by atoms with van der Waals surface area (Å²) < 4.78 is 0. The molecular formula is C26H30N4OS. The Balaban J connectivity index is 1.38. The first-order valence-corrected chi connectivity index (χ1v) is 12.2. The number of nitrogens with two attached hydrogens (primary N) is 1. The molecule has 32 heavy (non-hydrogen) atoms. The summed E-state index contributed by atoms with van der Waals surface area (Å²) in [7, 11) is 0. The Morgan fingerprint density at radius 3 is 2.44 bits per heavy atom. The number of nitrogens with one attached hydrogen (secondary N) is 2. The number of hydrogen-bond acceptors (Lipinski definition) is 5. The van der Waals surface area contributed by atoms with Gasteiger partial charge in [0, 0.05) is 35.3 Å². The molecule has 0 fully saturated rings. The van der Waals surface area contributed by atoms with Crippen LogP contribution in [-0.2, 0) is 17.6 Å². The van der Waals surface area contributed by atoms with E-state index in [9.17, 15) is 4.79 Å². The lowest BCUT2D eigenvalue weighted by molar-refractivity contribution is -0.113. The molecule has 3 aromatic rings. The maximum absolute atomic E-state index is 13.1. The number of hydrogen-bond donors (Lipinski definition) is 3. The van der Waals surface area contributed by atoms with Crippen LogP contribution in [0.15, 0.2) is 59.5 Å². The molecule has 0 radical (unpaired) electrons. The van der Waals surface area contributed by atoms with Gasteiger partial charge in [0.1, 0.15) is 0 Å². The van der Waals surface area contributed by atoms with Crippen LogP contribution in [0.25, 0.3) is 5.57 Å².